The molecule has 1 unspecified atom stereocenters. The highest BCUT2D eigenvalue weighted by Crippen LogP contribution is 2.32. The molecule has 96 valence electrons. The molecule has 0 aliphatic rings. The maximum Gasteiger partial charge on any atom is 0.0603 e. The maximum absolute atomic E-state index is 6.05. The van der Waals surface area contributed by atoms with Gasteiger partial charge in [-0.2, -0.15) is 0 Å². The van der Waals surface area contributed by atoms with E-state index in [2.05, 4.69) is 54.6 Å². The van der Waals surface area contributed by atoms with E-state index in [1.165, 1.54) is 16.1 Å². The maximum atomic E-state index is 6.05. The van der Waals surface area contributed by atoms with Gasteiger partial charge in [0.15, 0.2) is 0 Å². The van der Waals surface area contributed by atoms with Crippen LogP contribution in [0.3, 0.4) is 0 Å². The smallest absolute Gasteiger partial charge is 0.0603 e. The molecule has 0 aliphatic heterocycles. The van der Waals surface area contributed by atoms with Gasteiger partial charge >= 0.3 is 0 Å². The highest BCUT2D eigenvalue weighted by molar-refractivity contribution is 7.10. The third kappa shape index (κ3) is 2.57. The van der Waals surface area contributed by atoms with Crippen molar-refractivity contribution in [1.82, 2.24) is 0 Å². The topological polar surface area (TPSA) is 29.3 Å². The summed E-state index contributed by atoms with van der Waals surface area (Å²) in [5.74, 6) is 0. The van der Waals surface area contributed by atoms with Crippen LogP contribution < -0.4 is 10.6 Å². The molecule has 0 bridgehead atoms. The molecule has 1 heterocycles. The molecular formula is C15H20N2S. The summed E-state index contributed by atoms with van der Waals surface area (Å²) in [4.78, 5) is 3.67. The lowest BCUT2D eigenvalue weighted by molar-refractivity contribution is 0.733. The highest BCUT2D eigenvalue weighted by atomic mass is 32.1. The van der Waals surface area contributed by atoms with E-state index in [1.54, 1.807) is 11.3 Å². The lowest BCUT2D eigenvalue weighted by Crippen LogP contribution is -2.23. The van der Waals surface area contributed by atoms with Gasteiger partial charge in [0.2, 0.25) is 0 Å². The van der Waals surface area contributed by atoms with E-state index in [0.717, 1.165) is 0 Å². The van der Waals surface area contributed by atoms with Crippen LogP contribution in [0.25, 0.3) is 0 Å². The first-order valence-corrected chi connectivity index (χ1v) is 7.10. The van der Waals surface area contributed by atoms with E-state index in [-0.39, 0.29) is 6.04 Å². The van der Waals surface area contributed by atoms with Crippen molar-refractivity contribution in [1.29, 1.82) is 0 Å². The van der Waals surface area contributed by atoms with Gasteiger partial charge in [-0.05, 0) is 36.9 Å². The predicted molar refractivity (Wildman–Crippen MR) is 80.2 cm³/mol. The van der Waals surface area contributed by atoms with Crippen LogP contribution in [0.15, 0.2) is 41.8 Å². The summed E-state index contributed by atoms with van der Waals surface area (Å²) in [5.41, 5.74) is 8.46. The zero-order valence-corrected chi connectivity index (χ0v) is 11.9. The Kier molecular flexibility index (Phi) is 4.04. The van der Waals surface area contributed by atoms with Gasteiger partial charge in [-0.3, -0.25) is 0 Å². The second kappa shape index (κ2) is 5.55. The minimum absolute atomic E-state index is 0.0548. The fourth-order valence-corrected chi connectivity index (χ4v) is 2.95. The fraction of sp³-hybridized carbons (Fsp3) is 0.333. The predicted octanol–water partition coefficient (Wildman–Crippen LogP) is 3.97. The summed E-state index contributed by atoms with van der Waals surface area (Å²) in [5, 5.41) is 2.12. The van der Waals surface area contributed by atoms with E-state index >= 15 is 0 Å². The van der Waals surface area contributed by atoms with Crippen LogP contribution in [0.5, 0.6) is 0 Å². The molecule has 0 aliphatic carbocycles. The number of benzene rings is 1. The van der Waals surface area contributed by atoms with Gasteiger partial charge in [0, 0.05) is 23.7 Å². The van der Waals surface area contributed by atoms with E-state index in [0.29, 0.717) is 6.04 Å². The molecule has 0 fully saturated rings. The molecule has 2 N–H and O–H groups in total. The molecule has 0 saturated carbocycles. The van der Waals surface area contributed by atoms with Crippen LogP contribution in [0, 0.1) is 0 Å². The summed E-state index contributed by atoms with van der Waals surface area (Å²) in [6.45, 7) is 4.26. The minimum atomic E-state index is 0.0548. The minimum Gasteiger partial charge on any atom is -0.367 e. The van der Waals surface area contributed by atoms with Gasteiger partial charge in [-0.15, -0.1) is 11.3 Å². The Morgan fingerprint density at radius 2 is 1.83 bits per heavy atom. The monoisotopic (exact) mass is 260 g/mol. The van der Waals surface area contributed by atoms with Crippen molar-refractivity contribution in [3.63, 3.8) is 0 Å². The van der Waals surface area contributed by atoms with E-state index in [1.807, 2.05) is 13.0 Å². The average molecular weight is 260 g/mol. The van der Waals surface area contributed by atoms with Gasteiger partial charge in [0.1, 0.15) is 0 Å². The standard InChI is InChI=1S/C15H20N2S/c1-11(16)13-7-4-5-8-14(13)17(3)12(2)15-9-6-10-18-15/h4-12H,16H2,1-3H3/t11-,12?/m0/s1. The van der Waals surface area contributed by atoms with E-state index < -0.39 is 0 Å². The summed E-state index contributed by atoms with van der Waals surface area (Å²) in [6, 6.07) is 13.1. The number of hydrogen-bond donors (Lipinski definition) is 1. The average Bonchev–Trinajstić information content (AvgIpc) is 2.90. The molecule has 0 saturated heterocycles. The fourth-order valence-electron chi connectivity index (χ4n) is 2.12. The van der Waals surface area contributed by atoms with Crippen molar-refractivity contribution in [2.24, 2.45) is 5.73 Å². The van der Waals surface area contributed by atoms with Crippen LogP contribution in [-0.2, 0) is 0 Å². The van der Waals surface area contributed by atoms with Crippen molar-refractivity contribution >= 4 is 17.0 Å². The van der Waals surface area contributed by atoms with Crippen LogP contribution in [0.1, 0.15) is 36.4 Å². The molecule has 2 nitrogen and oxygen atoms in total. The summed E-state index contributed by atoms with van der Waals surface area (Å²) >= 11 is 1.80. The van der Waals surface area contributed by atoms with Crippen LogP contribution in [0.2, 0.25) is 0 Å². The zero-order valence-electron chi connectivity index (χ0n) is 11.1. The van der Waals surface area contributed by atoms with Gasteiger partial charge in [-0.25, -0.2) is 0 Å². The third-order valence-electron chi connectivity index (χ3n) is 3.34. The molecule has 3 heteroatoms. The molecule has 2 aromatic rings. The molecule has 0 radical (unpaired) electrons. The first-order chi connectivity index (χ1) is 8.61. The zero-order chi connectivity index (χ0) is 13.1. The Morgan fingerprint density at radius 3 is 2.44 bits per heavy atom. The number of nitrogens with zero attached hydrogens (tertiary/aromatic N) is 1. The molecule has 18 heavy (non-hydrogen) atoms. The first kappa shape index (κ1) is 13.1. The number of thiophene rings is 1. The van der Waals surface area contributed by atoms with Gasteiger partial charge in [0.25, 0.3) is 0 Å². The summed E-state index contributed by atoms with van der Waals surface area (Å²) in [7, 11) is 2.13. The molecule has 1 aromatic carbocycles. The Hall–Kier alpha value is -1.32. The second-order valence-electron chi connectivity index (χ2n) is 4.65. The number of anilines is 1. The van der Waals surface area contributed by atoms with Crippen LogP contribution in [0.4, 0.5) is 5.69 Å². The molecule has 0 spiro atoms. The quantitative estimate of drug-likeness (QED) is 0.901. The molecule has 2 atom stereocenters. The molecule has 2 rings (SSSR count). The Balaban J connectivity index is 2.31. The number of rotatable bonds is 4. The van der Waals surface area contributed by atoms with E-state index in [4.69, 9.17) is 5.73 Å². The van der Waals surface area contributed by atoms with Crippen molar-refractivity contribution in [2.45, 2.75) is 25.9 Å². The Bertz CT molecular complexity index is 491. The lowest BCUT2D eigenvalue weighted by Gasteiger charge is -2.29. The van der Waals surface area contributed by atoms with Gasteiger partial charge in [0.05, 0.1) is 6.04 Å². The summed E-state index contributed by atoms with van der Waals surface area (Å²) < 4.78 is 0. The summed E-state index contributed by atoms with van der Waals surface area (Å²) in [6.07, 6.45) is 0. The third-order valence-corrected chi connectivity index (χ3v) is 4.39. The van der Waals surface area contributed by atoms with E-state index in [9.17, 15) is 0 Å². The number of hydrogen-bond acceptors (Lipinski definition) is 3. The normalized spacial score (nSPS) is 14.2. The second-order valence-corrected chi connectivity index (χ2v) is 5.63. The van der Waals surface area contributed by atoms with Gasteiger partial charge < -0.3 is 10.6 Å². The van der Waals surface area contributed by atoms with Crippen molar-refractivity contribution in [3.05, 3.63) is 52.2 Å². The van der Waals surface area contributed by atoms with Crippen LogP contribution in [-0.4, -0.2) is 7.05 Å². The molecule has 1 aromatic heterocycles. The first-order valence-electron chi connectivity index (χ1n) is 6.22. The SMILES string of the molecule is CC(c1cccs1)N(C)c1ccccc1[C@H](C)N. The van der Waals surface area contributed by atoms with Gasteiger partial charge in [-0.1, -0.05) is 24.3 Å². The Morgan fingerprint density at radius 1 is 1.11 bits per heavy atom. The largest absolute Gasteiger partial charge is 0.367 e. The molecular weight excluding hydrogens is 240 g/mol. The van der Waals surface area contributed by atoms with Crippen molar-refractivity contribution < 1.29 is 0 Å². The van der Waals surface area contributed by atoms with Crippen LogP contribution >= 0.6 is 11.3 Å². The number of para-hydroxylation sites is 1. The lowest BCUT2D eigenvalue weighted by atomic mass is 10.0. The highest BCUT2D eigenvalue weighted by Gasteiger charge is 2.16. The van der Waals surface area contributed by atoms with Crippen molar-refractivity contribution in [3.8, 4) is 0 Å². The number of nitrogens with two attached hydrogens (primary N) is 1. The Labute approximate surface area is 113 Å². The molecule has 0 amide bonds. The van der Waals surface area contributed by atoms with Crippen molar-refractivity contribution in [2.75, 3.05) is 11.9 Å².